The number of carbonyl (C=O) groups excluding carboxylic acids is 2. The summed E-state index contributed by atoms with van der Waals surface area (Å²) in [5.41, 5.74) is 6.50. The number of nitrogens with one attached hydrogen (secondary N) is 1. The molecule has 0 bridgehead atoms. The summed E-state index contributed by atoms with van der Waals surface area (Å²) in [7, 11) is 0. The van der Waals surface area contributed by atoms with Crippen molar-refractivity contribution in [3.8, 4) is 5.69 Å². The predicted octanol–water partition coefficient (Wildman–Crippen LogP) is 1.05. The molecule has 0 unspecified atom stereocenters. The molecule has 0 spiro atoms. The summed E-state index contributed by atoms with van der Waals surface area (Å²) in [5.74, 6) is -1.04. The molecule has 28 heavy (non-hydrogen) atoms. The zero-order valence-corrected chi connectivity index (χ0v) is 15.3. The average Bonchev–Trinajstić information content (AvgIpc) is 3.04. The van der Waals surface area contributed by atoms with Crippen molar-refractivity contribution in [2.75, 3.05) is 5.32 Å². The van der Waals surface area contributed by atoms with Crippen LogP contribution >= 0.6 is 0 Å². The Kier molecular flexibility index (Phi) is 5.64. The van der Waals surface area contributed by atoms with Crippen molar-refractivity contribution in [2.45, 2.75) is 25.8 Å². The summed E-state index contributed by atoms with van der Waals surface area (Å²) in [6, 6.07) is 16.2. The fraction of sp³-hybridized carbons (Fsp3) is 0.211. The first-order valence-electron chi connectivity index (χ1n) is 8.77. The molecule has 3 aromatic rings. The summed E-state index contributed by atoms with van der Waals surface area (Å²) in [5, 5.41) is 10.2. The molecule has 0 saturated carbocycles. The van der Waals surface area contributed by atoms with Gasteiger partial charge in [-0.15, -0.1) is 0 Å². The number of tetrazole rings is 1. The second-order valence-electron chi connectivity index (χ2n) is 6.20. The number of hydrogen-bond acceptors (Lipinski definition) is 5. The molecule has 1 heterocycles. The Labute approximate surface area is 160 Å². The zero-order chi connectivity index (χ0) is 20.1. The fourth-order valence-electron chi connectivity index (χ4n) is 2.86. The Balaban J connectivity index is 1.74. The Hall–Kier alpha value is -3.75. The molecule has 3 N–H and O–H groups in total. The Morgan fingerprint density at radius 2 is 1.75 bits per heavy atom. The van der Waals surface area contributed by atoms with Crippen LogP contribution in [0, 0.1) is 0 Å². The maximum absolute atomic E-state index is 12.6. The van der Waals surface area contributed by atoms with Gasteiger partial charge in [0, 0.05) is 5.69 Å². The number of primary amides is 1. The van der Waals surface area contributed by atoms with Crippen LogP contribution in [-0.4, -0.2) is 31.6 Å². The molecule has 1 atom stereocenters. The summed E-state index contributed by atoms with van der Waals surface area (Å²) in [6.07, 6.45) is 0.673. The van der Waals surface area contributed by atoms with E-state index >= 15 is 0 Å². The number of carbonyl (C=O) groups is 2. The Morgan fingerprint density at radius 3 is 2.36 bits per heavy atom. The van der Waals surface area contributed by atoms with Crippen LogP contribution in [0.25, 0.3) is 5.69 Å². The summed E-state index contributed by atoms with van der Waals surface area (Å²) in [4.78, 5) is 35.7. The highest BCUT2D eigenvalue weighted by atomic mass is 16.2. The molecule has 0 saturated heterocycles. The maximum atomic E-state index is 12.6. The van der Waals surface area contributed by atoms with Gasteiger partial charge in [-0.05, 0) is 46.7 Å². The normalized spacial score (nSPS) is 11.8. The van der Waals surface area contributed by atoms with Crippen molar-refractivity contribution in [2.24, 2.45) is 5.73 Å². The number of rotatable bonds is 7. The van der Waals surface area contributed by atoms with Crippen LogP contribution in [0.1, 0.15) is 24.8 Å². The minimum Gasteiger partial charge on any atom is -0.368 e. The molecular formula is C19H20N6O3. The van der Waals surface area contributed by atoms with E-state index in [1.165, 1.54) is 0 Å². The van der Waals surface area contributed by atoms with Gasteiger partial charge in [0.15, 0.2) is 0 Å². The second kappa shape index (κ2) is 8.30. The smallest absolute Gasteiger partial charge is 0.368 e. The van der Waals surface area contributed by atoms with Crippen LogP contribution in [0.3, 0.4) is 0 Å². The number of benzene rings is 2. The van der Waals surface area contributed by atoms with Crippen molar-refractivity contribution in [1.82, 2.24) is 19.8 Å². The van der Waals surface area contributed by atoms with Gasteiger partial charge in [-0.2, -0.15) is 9.36 Å². The number of nitrogens with two attached hydrogens (primary N) is 1. The third kappa shape index (κ3) is 4.14. The number of hydrogen-bond donors (Lipinski definition) is 2. The predicted molar refractivity (Wildman–Crippen MR) is 103 cm³/mol. The van der Waals surface area contributed by atoms with Crippen LogP contribution in [0.2, 0.25) is 0 Å². The van der Waals surface area contributed by atoms with E-state index in [0.29, 0.717) is 17.8 Å². The van der Waals surface area contributed by atoms with Gasteiger partial charge in [0.05, 0.1) is 11.6 Å². The Bertz CT molecular complexity index is 1020. The highest BCUT2D eigenvalue weighted by molar-refractivity contribution is 5.95. The molecule has 0 aliphatic carbocycles. The van der Waals surface area contributed by atoms with E-state index in [0.717, 1.165) is 14.9 Å². The average molecular weight is 380 g/mol. The molecule has 0 aliphatic heterocycles. The van der Waals surface area contributed by atoms with Gasteiger partial charge in [-0.3, -0.25) is 9.59 Å². The van der Waals surface area contributed by atoms with Crippen LogP contribution in [0.4, 0.5) is 5.69 Å². The highest BCUT2D eigenvalue weighted by Crippen LogP contribution is 2.22. The quantitative estimate of drug-likeness (QED) is 0.634. The standard InChI is InChI=1S/C19H20N6O3/c1-2-16(13-6-4-3-5-7-13)18(27)21-14-8-10-15(11-9-14)25-19(28)24(22-23-25)12-17(20)26/h3-11,16H,2,12H2,1H3,(H2,20,26)(H,21,27)/t16-/m1/s1. The van der Waals surface area contributed by atoms with Crippen LogP contribution in [0.15, 0.2) is 59.4 Å². The van der Waals surface area contributed by atoms with Gasteiger partial charge < -0.3 is 11.1 Å². The third-order valence-electron chi connectivity index (χ3n) is 4.25. The monoisotopic (exact) mass is 380 g/mol. The van der Waals surface area contributed by atoms with Gasteiger partial charge in [0.1, 0.15) is 6.54 Å². The SMILES string of the molecule is CC[C@@H](C(=O)Nc1ccc(-n2nnn(CC(N)=O)c2=O)cc1)c1ccccc1. The third-order valence-corrected chi connectivity index (χ3v) is 4.25. The van der Waals surface area contributed by atoms with Crippen molar-refractivity contribution in [3.05, 3.63) is 70.6 Å². The molecular weight excluding hydrogens is 360 g/mol. The molecule has 9 heteroatoms. The fourth-order valence-corrected chi connectivity index (χ4v) is 2.86. The lowest BCUT2D eigenvalue weighted by molar-refractivity contribution is -0.119. The molecule has 2 amide bonds. The zero-order valence-electron chi connectivity index (χ0n) is 15.3. The molecule has 2 aromatic carbocycles. The van der Waals surface area contributed by atoms with Crippen molar-refractivity contribution in [1.29, 1.82) is 0 Å². The molecule has 3 rings (SSSR count). The minimum atomic E-state index is -0.684. The minimum absolute atomic E-state index is 0.106. The first-order chi connectivity index (χ1) is 13.5. The lowest BCUT2D eigenvalue weighted by atomic mass is 9.95. The molecule has 0 aliphatic rings. The highest BCUT2D eigenvalue weighted by Gasteiger charge is 2.18. The summed E-state index contributed by atoms with van der Waals surface area (Å²) < 4.78 is 1.93. The summed E-state index contributed by atoms with van der Waals surface area (Å²) in [6.45, 7) is 1.62. The van der Waals surface area contributed by atoms with Crippen LogP contribution in [-0.2, 0) is 16.1 Å². The van der Waals surface area contributed by atoms with Gasteiger partial charge in [0.2, 0.25) is 11.8 Å². The second-order valence-corrected chi connectivity index (χ2v) is 6.20. The maximum Gasteiger partial charge on any atom is 0.368 e. The molecule has 9 nitrogen and oxygen atoms in total. The molecule has 144 valence electrons. The molecule has 0 radical (unpaired) electrons. The first-order valence-corrected chi connectivity index (χ1v) is 8.77. The van der Waals surface area contributed by atoms with Crippen molar-refractivity contribution >= 4 is 17.5 Å². The van der Waals surface area contributed by atoms with E-state index in [-0.39, 0.29) is 18.4 Å². The number of nitrogens with zero attached hydrogens (tertiary/aromatic N) is 4. The largest absolute Gasteiger partial charge is 0.368 e. The lowest BCUT2D eigenvalue weighted by Gasteiger charge is -2.15. The first kappa shape index (κ1) is 19.0. The summed E-state index contributed by atoms with van der Waals surface area (Å²) >= 11 is 0. The van der Waals surface area contributed by atoms with E-state index in [1.807, 2.05) is 37.3 Å². The van der Waals surface area contributed by atoms with Gasteiger partial charge in [0.25, 0.3) is 0 Å². The van der Waals surface area contributed by atoms with Crippen molar-refractivity contribution < 1.29 is 9.59 Å². The van der Waals surface area contributed by atoms with Gasteiger partial charge >= 0.3 is 5.69 Å². The van der Waals surface area contributed by atoms with Crippen LogP contribution in [0.5, 0.6) is 0 Å². The van der Waals surface area contributed by atoms with E-state index in [1.54, 1.807) is 24.3 Å². The van der Waals surface area contributed by atoms with Gasteiger partial charge in [-0.25, -0.2) is 4.79 Å². The van der Waals surface area contributed by atoms with E-state index in [2.05, 4.69) is 15.7 Å². The van der Waals surface area contributed by atoms with Crippen LogP contribution < -0.4 is 16.7 Å². The van der Waals surface area contributed by atoms with E-state index in [9.17, 15) is 14.4 Å². The van der Waals surface area contributed by atoms with Crippen molar-refractivity contribution in [3.63, 3.8) is 0 Å². The number of amides is 2. The van der Waals surface area contributed by atoms with E-state index < -0.39 is 11.6 Å². The number of anilines is 1. The molecule has 1 aromatic heterocycles. The topological polar surface area (TPSA) is 125 Å². The molecule has 0 fully saturated rings. The lowest BCUT2D eigenvalue weighted by Crippen LogP contribution is -2.30. The number of aromatic nitrogens is 4. The van der Waals surface area contributed by atoms with Gasteiger partial charge in [-0.1, -0.05) is 37.3 Å². The van der Waals surface area contributed by atoms with E-state index in [4.69, 9.17) is 5.73 Å². The Morgan fingerprint density at radius 1 is 1.07 bits per heavy atom.